The fourth-order valence-corrected chi connectivity index (χ4v) is 1.34. The maximum Gasteiger partial charge on any atom is 0.146 e. The monoisotopic (exact) mass is 191 g/mol. The molecule has 0 spiro atoms. The van der Waals surface area contributed by atoms with Crippen molar-refractivity contribution in [2.24, 2.45) is 0 Å². The van der Waals surface area contributed by atoms with Crippen molar-refractivity contribution in [2.75, 3.05) is 11.9 Å². The second-order valence-electron chi connectivity index (χ2n) is 2.56. The smallest absolute Gasteiger partial charge is 0.146 e. The van der Waals surface area contributed by atoms with Gasteiger partial charge in [0.05, 0.1) is 5.69 Å². The zero-order valence-electron chi connectivity index (χ0n) is 6.23. The van der Waals surface area contributed by atoms with Crippen LogP contribution in [0.4, 0.5) is 14.5 Å². The third kappa shape index (κ3) is 1.25. The summed E-state index contributed by atoms with van der Waals surface area (Å²) in [5.41, 5.74) is 0.815. The lowest BCUT2D eigenvalue weighted by Gasteiger charge is -2.00. The molecule has 0 bridgehead atoms. The lowest BCUT2D eigenvalue weighted by Crippen LogP contribution is -1.93. The van der Waals surface area contributed by atoms with Crippen LogP contribution in [0, 0.1) is 11.6 Å². The molecule has 1 aromatic carbocycles. The Kier molecular flexibility index (Phi) is 2.52. The SMILES string of the molecule is Cl.Fc1ccc(F)c2c1CCN2. The minimum Gasteiger partial charge on any atom is -0.382 e. The fourth-order valence-electron chi connectivity index (χ4n) is 1.34. The van der Waals surface area contributed by atoms with Gasteiger partial charge in [-0.2, -0.15) is 0 Å². The van der Waals surface area contributed by atoms with E-state index in [9.17, 15) is 8.78 Å². The van der Waals surface area contributed by atoms with E-state index in [0.29, 0.717) is 24.2 Å². The average molecular weight is 192 g/mol. The van der Waals surface area contributed by atoms with Crippen LogP contribution >= 0.6 is 12.4 Å². The number of anilines is 1. The van der Waals surface area contributed by atoms with Gasteiger partial charge in [-0.25, -0.2) is 8.78 Å². The molecule has 12 heavy (non-hydrogen) atoms. The Balaban J connectivity index is 0.000000720. The van der Waals surface area contributed by atoms with E-state index in [4.69, 9.17) is 0 Å². The van der Waals surface area contributed by atoms with Crippen LogP contribution in [0.2, 0.25) is 0 Å². The van der Waals surface area contributed by atoms with Crippen LogP contribution in [0.3, 0.4) is 0 Å². The van der Waals surface area contributed by atoms with E-state index in [-0.39, 0.29) is 24.0 Å². The highest BCUT2D eigenvalue weighted by atomic mass is 35.5. The highest BCUT2D eigenvalue weighted by molar-refractivity contribution is 5.85. The molecule has 1 nitrogen and oxygen atoms in total. The molecule has 2 rings (SSSR count). The van der Waals surface area contributed by atoms with Gasteiger partial charge in [0.25, 0.3) is 0 Å². The minimum absolute atomic E-state index is 0. The van der Waals surface area contributed by atoms with Crippen molar-refractivity contribution in [3.05, 3.63) is 29.3 Å². The van der Waals surface area contributed by atoms with Gasteiger partial charge in [-0.05, 0) is 18.6 Å². The Bertz CT molecular complexity index is 272. The van der Waals surface area contributed by atoms with E-state index in [2.05, 4.69) is 5.32 Å². The first-order valence-electron chi connectivity index (χ1n) is 3.50. The van der Waals surface area contributed by atoms with Crippen LogP contribution in [0.5, 0.6) is 0 Å². The quantitative estimate of drug-likeness (QED) is 0.664. The molecule has 0 saturated heterocycles. The van der Waals surface area contributed by atoms with E-state index in [1.54, 1.807) is 0 Å². The van der Waals surface area contributed by atoms with Crippen LogP contribution in [0.25, 0.3) is 0 Å². The largest absolute Gasteiger partial charge is 0.382 e. The Morgan fingerprint density at radius 1 is 1.17 bits per heavy atom. The van der Waals surface area contributed by atoms with Crippen molar-refractivity contribution in [1.82, 2.24) is 0 Å². The molecule has 1 heterocycles. The van der Waals surface area contributed by atoms with Gasteiger partial charge in [-0.1, -0.05) is 0 Å². The predicted octanol–water partition coefficient (Wildman–Crippen LogP) is 2.35. The number of rotatable bonds is 0. The van der Waals surface area contributed by atoms with Crippen molar-refractivity contribution in [2.45, 2.75) is 6.42 Å². The Labute approximate surface area is 75.2 Å². The highest BCUT2D eigenvalue weighted by Gasteiger charge is 2.17. The van der Waals surface area contributed by atoms with Crippen molar-refractivity contribution in [1.29, 1.82) is 0 Å². The van der Waals surface area contributed by atoms with Gasteiger partial charge in [0, 0.05) is 12.1 Å². The molecule has 0 aliphatic carbocycles. The summed E-state index contributed by atoms with van der Waals surface area (Å²) in [5.74, 6) is -0.676. The highest BCUT2D eigenvalue weighted by Crippen LogP contribution is 2.27. The molecule has 66 valence electrons. The molecule has 0 aromatic heterocycles. The van der Waals surface area contributed by atoms with Gasteiger partial charge < -0.3 is 5.32 Å². The molecule has 0 atom stereocenters. The van der Waals surface area contributed by atoms with Gasteiger partial charge in [0.1, 0.15) is 11.6 Å². The number of fused-ring (bicyclic) bond motifs is 1. The summed E-state index contributed by atoms with van der Waals surface area (Å²) in [4.78, 5) is 0. The zero-order chi connectivity index (χ0) is 7.84. The Morgan fingerprint density at radius 3 is 2.50 bits per heavy atom. The summed E-state index contributed by atoms with van der Waals surface area (Å²) in [6, 6.07) is 2.31. The topological polar surface area (TPSA) is 12.0 Å². The Morgan fingerprint density at radius 2 is 1.83 bits per heavy atom. The van der Waals surface area contributed by atoms with E-state index in [1.165, 1.54) is 6.07 Å². The minimum atomic E-state index is -0.362. The summed E-state index contributed by atoms with van der Waals surface area (Å²) in [7, 11) is 0. The summed E-state index contributed by atoms with van der Waals surface area (Å²) < 4.78 is 25.7. The van der Waals surface area contributed by atoms with Crippen LogP contribution < -0.4 is 5.32 Å². The number of nitrogens with one attached hydrogen (secondary N) is 1. The summed E-state index contributed by atoms with van der Waals surface area (Å²) in [6.07, 6.45) is 0.582. The second-order valence-corrected chi connectivity index (χ2v) is 2.56. The normalized spacial score (nSPS) is 13.2. The van der Waals surface area contributed by atoms with E-state index < -0.39 is 0 Å². The fraction of sp³-hybridized carbons (Fsp3) is 0.250. The maximum absolute atomic E-state index is 12.9. The summed E-state index contributed by atoms with van der Waals surface area (Å²) in [6.45, 7) is 0.632. The zero-order valence-corrected chi connectivity index (χ0v) is 7.05. The first kappa shape index (κ1) is 9.26. The second kappa shape index (κ2) is 3.27. The number of hydrogen-bond donors (Lipinski definition) is 1. The third-order valence-corrected chi connectivity index (χ3v) is 1.88. The third-order valence-electron chi connectivity index (χ3n) is 1.88. The number of halogens is 3. The molecular weight excluding hydrogens is 184 g/mol. The van der Waals surface area contributed by atoms with Crippen LogP contribution in [-0.4, -0.2) is 6.54 Å². The van der Waals surface area contributed by atoms with Crippen LogP contribution in [0.15, 0.2) is 12.1 Å². The molecule has 1 aromatic rings. The molecule has 0 unspecified atom stereocenters. The van der Waals surface area contributed by atoms with E-state index in [1.807, 2.05) is 0 Å². The number of benzene rings is 1. The summed E-state index contributed by atoms with van der Waals surface area (Å²) in [5, 5.41) is 2.79. The van der Waals surface area contributed by atoms with Crippen LogP contribution in [-0.2, 0) is 6.42 Å². The molecule has 1 aliphatic heterocycles. The molecule has 0 radical (unpaired) electrons. The molecule has 1 aliphatic rings. The molecule has 1 N–H and O–H groups in total. The van der Waals surface area contributed by atoms with Crippen molar-refractivity contribution in [3.8, 4) is 0 Å². The van der Waals surface area contributed by atoms with Gasteiger partial charge in [0.15, 0.2) is 0 Å². The Hall–Kier alpha value is -0.830. The van der Waals surface area contributed by atoms with Crippen molar-refractivity contribution in [3.63, 3.8) is 0 Å². The molecule has 0 saturated carbocycles. The van der Waals surface area contributed by atoms with Crippen molar-refractivity contribution < 1.29 is 8.78 Å². The van der Waals surface area contributed by atoms with E-state index >= 15 is 0 Å². The van der Waals surface area contributed by atoms with Gasteiger partial charge in [-0.15, -0.1) is 12.4 Å². The summed E-state index contributed by atoms with van der Waals surface area (Å²) >= 11 is 0. The first-order valence-corrected chi connectivity index (χ1v) is 3.50. The maximum atomic E-state index is 12.9. The molecule has 4 heteroatoms. The predicted molar refractivity (Wildman–Crippen MR) is 45.8 cm³/mol. The van der Waals surface area contributed by atoms with Crippen molar-refractivity contribution >= 4 is 18.1 Å². The molecular formula is C8H8ClF2N. The van der Waals surface area contributed by atoms with Crippen LogP contribution in [0.1, 0.15) is 5.56 Å². The lowest BCUT2D eigenvalue weighted by molar-refractivity contribution is 0.596. The van der Waals surface area contributed by atoms with Gasteiger partial charge in [-0.3, -0.25) is 0 Å². The molecule has 0 amide bonds. The van der Waals surface area contributed by atoms with Gasteiger partial charge >= 0.3 is 0 Å². The number of hydrogen-bond acceptors (Lipinski definition) is 1. The van der Waals surface area contributed by atoms with Gasteiger partial charge in [0.2, 0.25) is 0 Å². The first-order chi connectivity index (χ1) is 5.29. The lowest BCUT2D eigenvalue weighted by atomic mass is 10.1. The van der Waals surface area contributed by atoms with E-state index in [0.717, 1.165) is 6.07 Å². The molecule has 0 fully saturated rings. The average Bonchev–Trinajstić information content (AvgIpc) is 2.45. The standard InChI is InChI=1S/C8H7F2N.ClH/c9-6-1-2-7(10)8-5(6)3-4-11-8;/h1-2,11H,3-4H2;1H.